The Kier molecular flexibility index (Phi) is 5.80. The highest BCUT2D eigenvalue weighted by Gasteiger charge is 2.20. The maximum atomic E-state index is 12.4. The van der Waals surface area contributed by atoms with Crippen LogP contribution < -0.4 is 11.2 Å². The number of hydrogen-bond donors (Lipinski definition) is 1. The van der Waals surface area contributed by atoms with Gasteiger partial charge in [0, 0.05) is 45.0 Å². The lowest BCUT2D eigenvalue weighted by Crippen LogP contribution is -2.50. The van der Waals surface area contributed by atoms with E-state index in [1.54, 1.807) is 4.90 Å². The standard InChI is InChI=1S/C19H22N4O3/c24-17-8-10-23(19(26)20-17)15-18(25)22-13-11-21(12-14-22)9-4-7-16-5-2-1-3-6-16/h1-8,10H,9,11-15H2,(H,20,24,26)/b7-4+. The zero-order chi connectivity index (χ0) is 18.4. The summed E-state index contributed by atoms with van der Waals surface area (Å²) in [6.45, 7) is 3.66. The average molecular weight is 354 g/mol. The maximum Gasteiger partial charge on any atom is 0.328 e. The lowest BCUT2D eigenvalue weighted by Gasteiger charge is -2.34. The van der Waals surface area contributed by atoms with Crippen LogP contribution in [0.1, 0.15) is 5.56 Å². The largest absolute Gasteiger partial charge is 0.339 e. The Morgan fingerprint density at radius 3 is 2.46 bits per heavy atom. The molecular weight excluding hydrogens is 332 g/mol. The highest BCUT2D eigenvalue weighted by molar-refractivity contribution is 5.76. The number of H-pyrrole nitrogens is 1. The minimum absolute atomic E-state index is 0.0521. The molecule has 26 heavy (non-hydrogen) atoms. The second-order valence-electron chi connectivity index (χ2n) is 6.23. The maximum absolute atomic E-state index is 12.4. The van der Waals surface area contributed by atoms with E-state index in [2.05, 4.69) is 34.2 Å². The minimum atomic E-state index is -0.560. The topological polar surface area (TPSA) is 78.4 Å². The van der Waals surface area contributed by atoms with Crippen molar-refractivity contribution in [2.24, 2.45) is 0 Å². The molecule has 1 aliphatic rings. The van der Waals surface area contributed by atoms with Crippen molar-refractivity contribution < 1.29 is 4.79 Å². The summed E-state index contributed by atoms with van der Waals surface area (Å²) in [6, 6.07) is 11.4. The number of aromatic amines is 1. The fourth-order valence-corrected chi connectivity index (χ4v) is 2.90. The number of benzene rings is 1. The van der Waals surface area contributed by atoms with Gasteiger partial charge in [-0.1, -0.05) is 42.5 Å². The molecule has 136 valence electrons. The molecule has 0 aliphatic carbocycles. The van der Waals surface area contributed by atoms with Gasteiger partial charge in [-0.25, -0.2) is 4.79 Å². The van der Waals surface area contributed by atoms with Crippen molar-refractivity contribution in [1.29, 1.82) is 0 Å². The Bertz CT molecular complexity index is 877. The number of rotatable bonds is 5. The van der Waals surface area contributed by atoms with Crippen LogP contribution in [0.2, 0.25) is 0 Å². The number of nitrogens with one attached hydrogen (secondary N) is 1. The van der Waals surface area contributed by atoms with E-state index in [1.807, 2.05) is 18.2 Å². The van der Waals surface area contributed by atoms with Gasteiger partial charge in [0.15, 0.2) is 0 Å². The van der Waals surface area contributed by atoms with Gasteiger partial charge >= 0.3 is 5.69 Å². The summed E-state index contributed by atoms with van der Waals surface area (Å²) in [5.41, 5.74) is 0.152. The van der Waals surface area contributed by atoms with E-state index in [-0.39, 0.29) is 12.5 Å². The quantitative estimate of drug-likeness (QED) is 0.843. The molecule has 2 heterocycles. The molecule has 3 rings (SSSR count). The fourth-order valence-electron chi connectivity index (χ4n) is 2.90. The van der Waals surface area contributed by atoms with Crippen LogP contribution >= 0.6 is 0 Å². The van der Waals surface area contributed by atoms with E-state index in [9.17, 15) is 14.4 Å². The van der Waals surface area contributed by atoms with E-state index >= 15 is 0 Å². The van der Waals surface area contributed by atoms with Crippen LogP contribution in [-0.2, 0) is 11.3 Å². The number of amides is 1. The number of carbonyl (C=O) groups excluding carboxylic acids is 1. The zero-order valence-corrected chi connectivity index (χ0v) is 14.5. The van der Waals surface area contributed by atoms with Crippen LogP contribution in [0.15, 0.2) is 58.3 Å². The summed E-state index contributed by atoms with van der Waals surface area (Å²) in [5.74, 6) is -0.112. The molecule has 1 amide bonds. The van der Waals surface area contributed by atoms with Crippen LogP contribution in [-0.4, -0.2) is 58.0 Å². The normalized spacial score (nSPS) is 15.5. The van der Waals surface area contributed by atoms with Crippen molar-refractivity contribution in [3.63, 3.8) is 0 Å². The van der Waals surface area contributed by atoms with Gasteiger partial charge in [-0.3, -0.25) is 24.0 Å². The average Bonchev–Trinajstić information content (AvgIpc) is 2.65. The Balaban J connectivity index is 1.47. The van der Waals surface area contributed by atoms with E-state index in [0.717, 1.165) is 19.6 Å². The number of nitrogens with zero attached hydrogens (tertiary/aromatic N) is 3. The summed E-state index contributed by atoms with van der Waals surface area (Å²) < 4.78 is 1.22. The molecule has 1 saturated heterocycles. The van der Waals surface area contributed by atoms with Gasteiger partial charge in [0.25, 0.3) is 5.56 Å². The van der Waals surface area contributed by atoms with Crippen LogP contribution in [0, 0.1) is 0 Å². The molecule has 7 nitrogen and oxygen atoms in total. The molecule has 1 aliphatic heterocycles. The number of carbonyl (C=O) groups is 1. The van der Waals surface area contributed by atoms with Gasteiger partial charge in [0.05, 0.1) is 0 Å². The van der Waals surface area contributed by atoms with Crippen molar-refractivity contribution >= 4 is 12.0 Å². The number of aromatic nitrogens is 2. The first kappa shape index (κ1) is 17.9. The van der Waals surface area contributed by atoms with Crippen LogP contribution in [0.4, 0.5) is 0 Å². The van der Waals surface area contributed by atoms with Crippen LogP contribution in [0.5, 0.6) is 0 Å². The monoisotopic (exact) mass is 354 g/mol. The van der Waals surface area contributed by atoms with Crippen molar-refractivity contribution in [1.82, 2.24) is 19.4 Å². The molecular formula is C19H22N4O3. The highest BCUT2D eigenvalue weighted by atomic mass is 16.2. The first-order valence-electron chi connectivity index (χ1n) is 8.63. The van der Waals surface area contributed by atoms with Crippen molar-refractivity contribution in [2.45, 2.75) is 6.54 Å². The smallest absolute Gasteiger partial charge is 0.328 e. The van der Waals surface area contributed by atoms with E-state index in [1.165, 1.54) is 22.4 Å². The molecule has 7 heteroatoms. The molecule has 1 aromatic heterocycles. The second kappa shape index (κ2) is 8.44. The van der Waals surface area contributed by atoms with Gasteiger partial charge in [-0.05, 0) is 5.56 Å². The van der Waals surface area contributed by atoms with Crippen molar-refractivity contribution in [3.8, 4) is 0 Å². The van der Waals surface area contributed by atoms with E-state index in [4.69, 9.17) is 0 Å². The first-order chi connectivity index (χ1) is 12.6. The van der Waals surface area contributed by atoms with Gasteiger partial charge in [-0.2, -0.15) is 0 Å². The Hall–Kier alpha value is -2.93. The summed E-state index contributed by atoms with van der Waals surface area (Å²) >= 11 is 0. The number of hydrogen-bond acceptors (Lipinski definition) is 4. The van der Waals surface area contributed by atoms with Crippen molar-refractivity contribution in [3.05, 3.63) is 75.1 Å². The zero-order valence-electron chi connectivity index (χ0n) is 14.5. The summed E-state index contributed by atoms with van der Waals surface area (Å²) in [7, 11) is 0. The summed E-state index contributed by atoms with van der Waals surface area (Å²) in [6.07, 6.45) is 5.58. The fraction of sp³-hybridized carbons (Fsp3) is 0.316. The molecule has 0 atom stereocenters. The van der Waals surface area contributed by atoms with E-state index < -0.39 is 11.2 Å². The molecule has 0 unspecified atom stereocenters. The first-order valence-corrected chi connectivity index (χ1v) is 8.63. The van der Waals surface area contributed by atoms with Gasteiger partial charge in [-0.15, -0.1) is 0 Å². The predicted octanol–water partition coefficient (Wildman–Crippen LogP) is 0.394. The molecule has 0 bridgehead atoms. The number of piperazine rings is 1. The lowest BCUT2D eigenvalue weighted by molar-refractivity contribution is -0.133. The minimum Gasteiger partial charge on any atom is -0.339 e. The van der Waals surface area contributed by atoms with Crippen molar-refractivity contribution in [2.75, 3.05) is 32.7 Å². The summed E-state index contributed by atoms with van der Waals surface area (Å²) in [4.78, 5) is 41.3. The van der Waals surface area contributed by atoms with Crippen LogP contribution in [0.25, 0.3) is 6.08 Å². The molecule has 1 aromatic carbocycles. The Morgan fingerprint density at radius 1 is 1.04 bits per heavy atom. The molecule has 2 aromatic rings. The third-order valence-electron chi connectivity index (χ3n) is 4.40. The van der Waals surface area contributed by atoms with Crippen LogP contribution in [0.3, 0.4) is 0 Å². The van der Waals surface area contributed by atoms with Gasteiger partial charge < -0.3 is 4.90 Å². The SMILES string of the molecule is O=C(Cn1ccc(=O)[nH]c1=O)N1CCN(C/C=C/c2ccccc2)CC1. The van der Waals surface area contributed by atoms with E-state index in [0.29, 0.717) is 13.1 Å². The second-order valence-corrected chi connectivity index (χ2v) is 6.23. The molecule has 0 saturated carbocycles. The Morgan fingerprint density at radius 2 is 1.77 bits per heavy atom. The molecule has 0 radical (unpaired) electrons. The third kappa shape index (κ3) is 4.80. The Labute approximate surface area is 151 Å². The lowest BCUT2D eigenvalue weighted by atomic mass is 10.2. The summed E-state index contributed by atoms with van der Waals surface area (Å²) in [5, 5.41) is 0. The highest BCUT2D eigenvalue weighted by Crippen LogP contribution is 2.05. The van der Waals surface area contributed by atoms with Gasteiger partial charge in [0.2, 0.25) is 5.91 Å². The van der Waals surface area contributed by atoms with Gasteiger partial charge in [0.1, 0.15) is 6.54 Å². The molecule has 1 N–H and O–H groups in total. The predicted molar refractivity (Wildman–Crippen MR) is 99.8 cm³/mol. The molecule has 1 fully saturated rings. The third-order valence-corrected chi connectivity index (χ3v) is 4.40. The molecule has 0 spiro atoms.